The number of nitrogens with zero attached hydrogens (tertiary/aromatic N) is 3. The molecule has 1 saturated heterocycles. The number of amides is 2. The molecule has 2 aromatic carbocycles. The molecule has 5 nitrogen and oxygen atoms in total. The number of benzene rings is 2. The van der Waals surface area contributed by atoms with Crippen molar-refractivity contribution in [2.45, 2.75) is 12.8 Å². The van der Waals surface area contributed by atoms with Crippen molar-refractivity contribution in [3.8, 4) is 11.1 Å². The molecule has 5 heteroatoms. The first-order chi connectivity index (χ1) is 16.2. The van der Waals surface area contributed by atoms with Gasteiger partial charge in [-0.3, -0.25) is 14.6 Å². The normalized spacial score (nSPS) is 16.4. The van der Waals surface area contributed by atoms with E-state index in [2.05, 4.69) is 23.7 Å². The van der Waals surface area contributed by atoms with Gasteiger partial charge < -0.3 is 9.80 Å². The predicted molar refractivity (Wildman–Crippen MR) is 130 cm³/mol. The molecule has 2 heterocycles. The van der Waals surface area contributed by atoms with Crippen LogP contribution in [0.4, 0.5) is 0 Å². The van der Waals surface area contributed by atoms with Gasteiger partial charge in [-0.25, -0.2) is 0 Å². The molecule has 33 heavy (non-hydrogen) atoms. The molecule has 3 aromatic rings. The van der Waals surface area contributed by atoms with Crippen molar-refractivity contribution in [2.24, 2.45) is 5.92 Å². The zero-order valence-electron chi connectivity index (χ0n) is 18.8. The Morgan fingerprint density at radius 2 is 1.82 bits per heavy atom. The second-order valence-corrected chi connectivity index (χ2v) is 8.37. The van der Waals surface area contributed by atoms with Gasteiger partial charge in [0.05, 0.1) is 12.3 Å². The Hall–Kier alpha value is -3.73. The van der Waals surface area contributed by atoms with Gasteiger partial charge in [-0.2, -0.15) is 0 Å². The highest BCUT2D eigenvalue weighted by molar-refractivity contribution is 5.83. The maximum Gasteiger partial charge on any atom is 0.228 e. The van der Waals surface area contributed by atoms with Crippen molar-refractivity contribution in [3.63, 3.8) is 0 Å². The first-order valence-corrected chi connectivity index (χ1v) is 11.4. The van der Waals surface area contributed by atoms with Gasteiger partial charge in [0.1, 0.15) is 0 Å². The number of rotatable bonds is 7. The Morgan fingerprint density at radius 3 is 2.58 bits per heavy atom. The molecule has 1 aliphatic heterocycles. The van der Waals surface area contributed by atoms with Crippen LogP contribution in [0.15, 0.2) is 91.8 Å². The first-order valence-electron chi connectivity index (χ1n) is 11.4. The van der Waals surface area contributed by atoms with Crippen LogP contribution < -0.4 is 0 Å². The van der Waals surface area contributed by atoms with Crippen LogP contribution in [-0.2, 0) is 22.4 Å². The SMILES string of the molecule is C=CCN1CCN(C(=O)Cc2ccccc2)C[C@H](Cc2ccccc2-c2cccnc2)C1=O. The summed E-state index contributed by atoms with van der Waals surface area (Å²) in [5, 5.41) is 0. The average Bonchev–Trinajstić information content (AvgIpc) is 3.00. The Morgan fingerprint density at radius 1 is 1.03 bits per heavy atom. The fraction of sp³-hybridized carbons (Fsp3) is 0.250. The van der Waals surface area contributed by atoms with Gasteiger partial charge in [0.2, 0.25) is 11.8 Å². The van der Waals surface area contributed by atoms with Crippen LogP contribution >= 0.6 is 0 Å². The number of carbonyl (C=O) groups excluding carboxylic acids is 2. The van der Waals surface area contributed by atoms with Gasteiger partial charge >= 0.3 is 0 Å². The van der Waals surface area contributed by atoms with E-state index in [1.54, 1.807) is 12.3 Å². The van der Waals surface area contributed by atoms with Crippen LogP contribution in [0.3, 0.4) is 0 Å². The molecule has 0 radical (unpaired) electrons. The van der Waals surface area contributed by atoms with Gasteiger partial charge in [-0.05, 0) is 29.2 Å². The highest BCUT2D eigenvalue weighted by Crippen LogP contribution is 2.27. The van der Waals surface area contributed by atoms with E-state index in [4.69, 9.17) is 0 Å². The first kappa shape index (κ1) is 22.5. The van der Waals surface area contributed by atoms with Crippen molar-refractivity contribution >= 4 is 11.8 Å². The van der Waals surface area contributed by atoms with Crippen LogP contribution in [0.1, 0.15) is 11.1 Å². The van der Waals surface area contributed by atoms with Crippen molar-refractivity contribution in [2.75, 3.05) is 26.2 Å². The lowest BCUT2D eigenvalue weighted by atomic mass is 9.91. The number of aromatic nitrogens is 1. The Labute approximate surface area is 195 Å². The Kier molecular flexibility index (Phi) is 7.30. The van der Waals surface area contributed by atoms with E-state index in [0.717, 1.165) is 22.3 Å². The van der Waals surface area contributed by atoms with Gasteiger partial charge in [0.15, 0.2) is 0 Å². The smallest absolute Gasteiger partial charge is 0.228 e. The molecule has 2 amide bonds. The molecule has 4 rings (SSSR count). The summed E-state index contributed by atoms with van der Waals surface area (Å²) >= 11 is 0. The lowest BCUT2D eigenvalue weighted by Crippen LogP contribution is -2.38. The Balaban J connectivity index is 1.59. The predicted octanol–water partition coefficient (Wildman–Crippen LogP) is 4.01. The maximum atomic E-state index is 13.4. The summed E-state index contributed by atoms with van der Waals surface area (Å²) in [6, 6.07) is 21.8. The monoisotopic (exact) mass is 439 g/mol. The van der Waals surface area contributed by atoms with E-state index in [1.807, 2.05) is 70.6 Å². The van der Waals surface area contributed by atoms with E-state index < -0.39 is 0 Å². The third-order valence-electron chi connectivity index (χ3n) is 6.10. The number of hydrogen-bond acceptors (Lipinski definition) is 3. The van der Waals surface area contributed by atoms with Gasteiger partial charge in [-0.15, -0.1) is 6.58 Å². The molecule has 0 unspecified atom stereocenters. The summed E-state index contributed by atoms with van der Waals surface area (Å²) in [6.07, 6.45) is 6.25. The molecule has 0 bridgehead atoms. The van der Waals surface area contributed by atoms with Gasteiger partial charge in [0, 0.05) is 44.1 Å². The zero-order valence-corrected chi connectivity index (χ0v) is 18.8. The minimum Gasteiger partial charge on any atom is -0.340 e. The van der Waals surface area contributed by atoms with Crippen LogP contribution in [0.2, 0.25) is 0 Å². The van der Waals surface area contributed by atoms with E-state index in [9.17, 15) is 9.59 Å². The number of pyridine rings is 1. The summed E-state index contributed by atoms with van der Waals surface area (Å²) in [4.78, 5) is 34.5. The second-order valence-electron chi connectivity index (χ2n) is 8.37. The lowest BCUT2D eigenvalue weighted by Gasteiger charge is -2.24. The molecule has 0 N–H and O–H groups in total. The van der Waals surface area contributed by atoms with Crippen molar-refractivity contribution in [1.29, 1.82) is 0 Å². The quantitative estimate of drug-likeness (QED) is 0.523. The summed E-state index contributed by atoms with van der Waals surface area (Å²) in [6.45, 7) is 5.77. The summed E-state index contributed by atoms with van der Waals surface area (Å²) < 4.78 is 0. The minimum absolute atomic E-state index is 0.0556. The van der Waals surface area contributed by atoms with Crippen molar-refractivity contribution in [1.82, 2.24) is 14.8 Å². The van der Waals surface area contributed by atoms with Crippen LogP contribution in [-0.4, -0.2) is 52.8 Å². The molecular weight excluding hydrogens is 410 g/mol. The lowest BCUT2D eigenvalue weighted by molar-refractivity contribution is -0.134. The van der Waals surface area contributed by atoms with Crippen molar-refractivity contribution < 1.29 is 9.59 Å². The van der Waals surface area contributed by atoms with Crippen LogP contribution in [0, 0.1) is 5.92 Å². The Bertz CT molecular complexity index is 1100. The molecule has 1 atom stereocenters. The van der Waals surface area contributed by atoms with E-state index in [0.29, 0.717) is 39.0 Å². The highest BCUT2D eigenvalue weighted by atomic mass is 16.2. The van der Waals surface area contributed by atoms with E-state index in [-0.39, 0.29) is 17.7 Å². The molecule has 0 saturated carbocycles. The zero-order chi connectivity index (χ0) is 23.0. The average molecular weight is 440 g/mol. The number of carbonyl (C=O) groups is 2. The maximum absolute atomic E-state index is 13.4. The van der Waals surface area contributed by atoms with E-state index >= 15 is 0 Å². The molecule has 168 valence electrons. The topological polar surface area (TPSA) is 53.5 Å². The van der Waals surface area contributed by atoms with Crippen LogP contribution in [0.5, 0.6) is 0 Å². The fourth-order valence-electron chi connectivity index (χ4n) is 4.41. The molecular formula is C28H29N3O2. The van der Waals surface area contributed by atoms with E-state index in [1.165, 1.54) is 0 Å². The van der Waals surface area contributed by atoms with Crippen LogP contribution in [0.25, 0.3) is 11.1 Å². The molecule has 1 aromatic heterocycles. The number of hydrogen-bond donors (Lipinski definition) is 0. The summed E-state index contributed by atoms with van der Waals surface area (Å²) in [7, 11) is 0. The molecule has 1 fully saturated rings. The van der Waals surface area contributed by atoms with Gasteiger partial charge in [-0.1, -0.05) is 66.7 Å². The molecule has 0 aliphatic carbocycles. The minimum atomic E-state index is -0.315. The molecule has 1 aliphatic rings. The largest absolute Gasteiger partial charge is 0.340 e. The van der Waals surface area contributed by atoms with Crippen molar-refractivity contribution in [3.05, 3.63) is 103 Å². The third kappa shape index (κ3) is 5.55. The summed E-state index contributed by atoms with van der Waals surface area (Å²) in [5.74, 6) is -0.184. The second kappa shape index (κ2) is 10.7. The highest BCUT2D eigenvalue weighted by Gasteiger charge is 2.32. The fourth-order valence-corrected chi connectivity index (χ4v) is 4.41. The standard InChI is InChI=1S/C28H29N3O2/c1-2-15-30-16-17-31(27(32)18-22-9-4-3-5-10-22)21-25(28(30)33)19-23-11-6-7-13-26(23)24-12-8-14-29-20-24/h2-14,20,25H,1,15-19,21H2/t25-/m0/s1. The molecule has 0 spiro atoms. The third-order valence-corrected chi connectivity index (χ3v) is 6.10. The van der Waals surface area contributed by atoms with Gasteiger partial charge in [0.25, 0.3) is 0 Å². The summed E-state index contributed by atoms with van der Waals surface area (Å²) in [5.41, 5.74) is 4.16.